The van der Waals surface area contributed by atoms with Gasteiger partial charge in [0.15, 0.2) is 0 Å². The maximum absolute atomic E-state index is 12.1. The zero-order valence-corrected chi connectivity index (χ0v) is 16.5. The van der Waals surface area contributed by atoms with Crippen LogP contribution in [-0.4, -0.2) is 76.1 Å². The third-order valence-corrected chi connectivity index (χ3v) is 5.18. The molecule has 1 fully saturated rings. The second-order valence-corrected chi connectivity index (χ2v) is 7.06. The van der Waals surface area contributed by atoms with Crippen molar-refractivity contribution in [2.75, 3.05) is 54.3 Å². The second kappa shape index (κ2) is 9.31. The predicted molar refractivity (Wildman–Crippen MR) is 99.7 cm³/mol. The molecule has 1 atom stereocenters. The summed E-state index contributed by atoms with van der Waals surface area (Å²) in [7, 11) is 6.93. The Hall–Kier alpha value is -1.44. The van der Waals surface area contributed by atoms with Crippen molar-refractivity contribution in [2.45, 2.75) is 23.9 Å². The van der Waals surface area contributed by atoms with Gasteiger partial charge >= 0.3 is 0 Å². The van der Waals surface area contributed by atoms with E-state index in [0.29, 0.717) is 26.2 Å². The molecule has 140 valence electrons. The van der Waals surface area contributed by atoms with E-state index in [0.717, 1.165) is 28.5 Å². The predicted octanol–water partition coefficient (Wildman–Crippen LogP) is 2.10. The third kappa shape index (κ3) is 5.03. The average Bonchev–Trinajstić information content (AvgIpc) is 2.62. The molecule has 2 rings (SSSR count). The third-order valence-electron chi connectivity index (χ3n) is 4.42. The standard InChI is InChI=1S/C18H28N2O4S/c1-19(2)18(21)9-14-12-24-7-6-20(14)11-13-8-16(23-4)17(25-5)10-15(13)22-3/h8,10,14H,6-7,9,11-12H2,1-5H3. The molecule has 0 aliphatic carbocycles. The van der Waals surface area contributed by atoms with Crippen LogP contribution in [0.5, 0.6) is 11.5 Å². The van der Waals surface area contributed by atoms with Crippen LogP contribution >= 0.6 is 11.8 Å². The second-order valence-electron chi connectivity index (χ2n) is 6.21. The number of nitrogens with zero attached hydrogens (tertiary/aromatic N) is 2. The van der Waals surface area contributed by atoms with E-state index in [1.54, 1.807) is 45.0 Å². The van der Waals surface area contributed by atoms with Crippen LogP contribution in [-0.2, 0) is 16.1 Å². The summed E-state index contributed by atoms with van der Waals surface area (Å²) in [6.07, 6.45) is 2.47. The molecule has 1 amide bonds. The van der Waals surface area contributed by atoms with Crippen molar-refractivity contribution >= 4 is 17.7 Å². The van der Waals surface area contributed by atoms with Gasteiger partial charge in [-0.2, -0.15) is 0 Å². The van der Waals surface area contributed by atoms with Gasteiger partial charge in [0, 0.05) is 45.2 Å². The first-order chi connectivity index (χ1) is 12.0. The van der Waals surface area contributed by atoms with Gasteiger partial charge in [-0.25, -0.2) is 0 Å². The van der Waals surface area contributed by atoms with E-state index < -0.39 is 0 Å². The van der Waals surface area contributed by atoms with Crippen LogP contribution in [0.3, 0.4) is 0 Å². The molecular formula is C18H28N2O4S. The van der Waals surface area contributed by atoms with Crippen molar-refractivity contribution in [3.8, 4) is 11.5 Å². The highest BCUT2D eigenvalue weighted by atomic mass is 32.2. The van der Waals surface area contributed by atoms with Gasteiger partial charge in [-0.1, -0.05) is 0 Å². The average molecular weight is 368 g/mol. The van der Waals surface area contributed by atoms with Crippen molar-refractivity contribution in [3.05, 3.63) is 17.7 Å². The van der Waals surface area contributed by atoms with Gasteiger partial charge in [-0.05, 0) is 18.4 Å². The molecule has 1 aliphatic rings. The molecule has 1 aromatic carbocycles. The number of hydrogen-bond acceptors (Lipinski definition) is 6. The maximum atomic E-state index is 12.1. The fraction of sp³-hybridized carbons (Fsp3) is 0.611. The number of morpholine rings is 1. The molecule has 1 aromatic rings. The molecule has 0 N–H and O–H groups in total. The fourth-order valence-corrected chi connectivity index (χ4v) is 3.47. The highest BCUT2D eigenvalue weighted by Gasteiger charge is 2.27. The van der Waals surface area contributed by atoms with E-state index >= 15 is 0 Å². The summed E-state index contributed by atoms with van der Waals surface area (Å²) in [4.78, 5) is 17.1. The number of hydrogen-bond donors (Lipinski definition) is 0. The fourth-order valence-electron chi connectivity index (χ4n) is 2.90. The Morgan fingerprint density at radius 1 is 1.32 bits per heavy atom. The summed E-state index contributed by atoms with van der Waals surface area (Å²) < 4.78 is 16.7. The number of rotatable bonds is 7. The van der Waals surface area contributed by atoms with E-state index in [-0.39, 0.29) is 11.9 Å². The molecule has 25 heavy (non-hydrogen) atoms. The molecule has 0 radical (unpaired) electrons. The quantitative estimate of drug-likeness (QED) is 0.687. The Labute approximate surface area is 154 Å². The highest BCUT2D eigenvalue weighted by molar-refractivity contribution is 7.98. The number of methoxy groups -OCH3 is 2. The lowest BCUT2D eigenvalue weighted by Gasteiger charge is -2.36. The van der Waals surface area contributed by atoms with Crippen LogP contribution < -0.4 is 9.47 Å². The summed E-state index contributed by atoms with van der Waals surface area (Å²) >= 11 is 1.63. The van der Waals surface area contributed by atoms with Gasteiger partial charge in [0.05, 0.1) is 32.3 Å². The maximum Gasteiger partial charge on any atom is 0.223 e. The lowest BCUT2D eigenvalue weighted by Crippen LogP contribution is -2.47. The molecular weight excluding hydrogens is 340 g/mol. The summed E-state index contributed by atoms with van der Waals surface area (Å²) in [5.41, 5.74) is 1.06. The van der Waals surface area contributed by atoms with Crippen molar-refractivity contribution in [1.29, 1.82) is 0 Å². The summed E-state index contributed by atoms with van der Waals surface area (Å²) in [5, 5.41) is 0. The first kappa shape index (κ1) is 19.9. The minimum Gasteiger partial charge on any atom is -0.496 e. The minimum absolute atomic E-state index is 0.0691. The molecule has 0 aromatic heterocycles. The number of carbonyl (C=O) groups is 1. The van der Waals surface area contributed by atoms with E-state index in [1.165, 1.54) is 0 Å². The molecule has 0 spiro atoms. The van der Waals surface area contributed by atoms with Gasteiger partial charge in [-0.15, -0.1) is 11.8 Å². The Morgan fingerprint density at radius 2 is 2.04 bits per heavy atom. The first-order valence-electron chi connectivity index (χ1n) is 8.31. The van der Waals surface area contributed by atoms with Gasteiger partial charge in [0.25, 0.3) is 0 Å². The largest absolute Gasteiger partial charge is 0.496 e. The van der Waals surface area contributed by atoms with Crippen LogP contribution in [0.1, 0.15) is 12.0 Å². The highest BCUT2D eigenvalue weighted by Crippen LogP contribution is 2.35. The molecule has 1 saturated heterocycles. The summed E-state index contributed by atoms with van der Waals surface area (Å²) in [6, 6.07) is 4.11. The van der Waals surface area contributed by atoms with Gasteiger partial charge in [0.2, 0.25) is 5.91 Å². The molecule has 1 heterocycles. The van der Waals surface area contributed by atoms with Crippen LogP contribution in [0, 0.1) is 0 Å². The number of carbonyl (C=O) groups excluding carboxylic acids is 1. The SMILES string of the molecule is COc1cc(SC)c(OC)cc1CN1CCOCC1CC(=O)N(C)C. The van der Waals surface area contributed by atoms with Gasteiger partial charge < -0.3 is 19.1 Å². The Bertz CT molecular complexity index is 595. The molecule has 0 saturated carbocycles. The van der Waals surface area contributed by atoms with Crippen molar-refractivity contribution < 1.29 is 19.0 Å². The number of ether oxygens (including phenoxy) is 3. The normalized spacial score (nSPS) is 18.0. The number of amides is 1. The van der Waals surface area contributed by atoms with Gasteiger partial charge in [0.1, 0.15) is 11.5 Å². The van der Waals surface area contributed by atoms with Crippen molar-refractivity contribution in [1.82, 2.24) is 9.80 Å². The topological polar surface area (TPSA) is 51.2 Å². The summed E-state index contributed by atoms with van der Waals surface area (Å²) in [5.74, 6) is 1.80. The lowest BCUT2D eigenvalue weighted by molar-refractivity contribution is -0.132. The van der Waals surface area contributed by atoms with E-state index in [4.69, 9.17) is 14.2 Å². The first-order valence-corrected chi connectivity index (χ1v) is 9.53. The molecule has 6 nitrogen and oxygen atoms in total. The molecule has 1 aliphatic heterocycles. The molecule has 7 heteroatoms. The number of benzene rings is 1. The number of thioether (sulfide) groups is 1. The van der Waals surface area contributed by atoms with E-state index in [2.05, 4.69) is 4.90 Å². The minimum atomic E-state index is 0.0691. The zero-order valence-electron chi connectivity index (χ0n) is 15.7. The van der Waals surface area contributed by atoms with Crippen molar-refractivity contribution in [3.63, 3.8) is 0 Å². The van der Waals surface area contributed by atoms with Crippen LogP contribution in [0.25, 0.3) is 0 Å². The van der Waals surface area contributed by atoms with E-state index in [1.807, 2.05) is 18.4 Å². The smallest absolute Gasteiger partial charge is 0.223 e. The van der Waals surface area contributed by atoms with Crippen LogP contribution in [0.15, 0.2) is 17.0 Å². The molecule has 1 unspecified atom stereocenters. The Balaban J connectivity index is 2.21. The van der Waals surface area contributed by atoms with Crippen LogP contribution in [0.2, 0.25) is 0 Å². The summed E-state index contributed by atoms with van der Waals surface area (Å²) in [6.45, 7) is 2.74. The van der Waals surface area contributed by atoms with Gasteiger partial charge in [-0.3, -0.25) is 9.69 Å². The zero-order chi connectivity index (χ0) is 18.4. The van der Waals surface area contributed by atoms with Crippen LogP contribution in [0.4, 0.5) is 0 Å². The van der Waals surface area contributed by atoms with E-state index in [9.17, 15) is 4.79 Å². The van der Waals surface area contributed by atoms with Crippen molar-refractivity contribution in [2.24, 2.45) is 0 Å². The Kier molecular flexibility index (Phi) is 7.40. The lowest BCUT2D eigenvalue weighted by atomic mass is 10.1. The Morgan fingerprint density at radius 3 is 2.64 bits per heavy atom. The monoisotopic (exact) mass is 368 g/mol. The molecule has 0 bridgehead atoms.